The van der Waals surface area contributed by atoms with E-state index in [-0.39, 0.29) is 40.5 Å². The normalized spacial score (nSPS) is 13.3. The number of likely N-dealkylation sites (N-methyl/N-ethyl adjacent to an activating group) is 1. The Morgan fingerprint density at radius 1 is 0.904 bits per heavy atom. The van der Waals surface area contributed by atoms with E-state index in [2.05, 4.69) is 42.8 Å². The molecule has 0 radical (unpaired) electrons. The highest BCUT2D eigenvalue weighted by atomic mass is 19.1. The number of piperazine rings is 1. The molecular weight excluding hydrogens is 669 g/mol. The van der Waals surface area contributed by atoms with E-state index in [0.717, 1.165) is 50.3 Å². The first-order chi connectivity index (χ1) is 25.1. The minimum atomic E-state index is -0.540. The van der Waals surface area contributed by atoms with Gasteiger partial charge >= 0.3 is 0 Å². The molecule has 52 heavy (non-hydrogen) atoms. The van der Waals surface area contributed by atoms with E-state index < -0.39 is 11.7 Å². The van der Waals surface area contributed by atoms with Crippen LogP contribution in [0.25, 0.3) is 0 Å². The maximum absolute atomic E-state index is 15.1. The minimum absolute atomic E-state index is 0.0307. The summed E-state index contributed by atoms with van der Waals surface area (Å²) in [4.78, 5) is 39.8. The zero-order valence-electron chi connectivity index (χ0n) is 30.3. The van der Waals surface area contributed by atoms with E-state index >= 15 is 4.39 Å². The number of methoxy groups -OCH3 is 2. The molecule has 0 spiro atoms. The van der Waals surface area contributed by atoms with Gasteiger partial charge in [0.1, 0.15) is 5.56 Å². The molecular formula is C38H46FN7O6. The van der Waals surface area contributed by atoms with Gasteiger partial charge in [-0.3, -0.25) is 9.59 Å². The molecule has 0 bridgehead atoms. The van der Waals surface area contributed by atoms with Crippen LogP contribution in [0.15, 0.2) is 60.8 Å². The molecule has 13 nitrogen and oxygen atoms in total. The number of hydrogen-bond donors (Lipinski definition) is 3. The number of carbonyl (C=O) groups is 2. The third-order valence-electron chi connectivity index (χ3n) is 8.60. The summed E-state index contributed by atoms with van der Waals surface area (Å²) in [7, 11) is 5.11. The van der Waals surface area contributed by atoms with Crippen molar-refractivity contribution < 1.29 is 32.9 Å². The molecule has 3 aromatic carbocycles. The van der Waals surface area contributed by atoms with Crippen LogP contribution in [0, 0.1) is 19.7 Å². The Balaban J connectivity index is 1.34. The molecule has 1 aromatic heterocycles. The number of anilines is 3. The molecule has 0 atom stereocenters. The van der Waals surface area contributed by atoms with Gasteiger partial charge in [-0.05, 0) is 68.8 Å². The van der Waals surface area contributed by atoms with Gasteiger partial charge in [-0.1, -0.05) is 18.2 Å². The predicted octanol–water partition coefficient (Wildman–Crippen LogP) is 5.42. The van der Waals surface area contributed by atoms with Gasteiger partial charge in [-0.2, -0.15) is 4.98 Å². The van der Waals surface area contributed by atoms with Crippen LogP contribution < -0.4 is 30.2 Å². The molecule has 0 unspecified atom stereocenters. The standard InChI is InChI=1S/C38H46FN7O6/c1-25-8-6-9-26(2)34(25)43-36(48)29-24-41-38(44-37(29)52-32-12-10-27(22-33(32)50-5)35(47)40-14-21-49-4)42-28-11-13-31(30(39)23-28)51-20-7-15-46-18-16-45(3)17-19-46/h6,8-13,22-24H,7,14-21H2,1-5H3,(H,40,47)(H,43,48)(H,41,42,44). The Kier molecular flexibility index (Phi) is 13.3. The van der Waals surface area contributed by atoms with E-state index in [0.29, 0.717) is 36.7 Å². The second-order valence-electron chi connectivity index (χ2n) is 12.5. The van der Waals surface area contributed by atoms with E-state index in [1.807, 2.05) is 32.0 Å². The third kappa shape index (κ3) is 10.1. The van der Waals surface area contributed by atoms with Gasteiger partial charge in [0.25, 0.3) is 11.8 Å². The smallest absolute Gasteiger partial charge is 0.262 e. The first-order valence-corrected chi connectivity index (χ1v) is 17.1. The molecule has 1 fully saturated rings. The van der Waals surface area contributed by atoms with Crippen LogP contribution in [0.2, 0.25) is 0 Å². The van der Waals surface area contributed by atoms with E-state index in [1.165, 1.54) is 25.4 Å². The fourth-order valence-electron chi connectivity index (χ4n) is 5.58. The van der Waals surface area contributed by atoms with Crippen molar-refractivity contribution in [1.29, 1.82) is 0 Å². The summed E-state index contributed by atoms with van der Waals surface area (Å²) in [6.07, 6.45) is 2.12. The Morgan fingerprint density at radius 3 is 2.37 bits per heavy atom. The van der Waals surface area contributed by atoms with Crippen molar-refractivity contribution in [3.05, 3.63) is 88.9 Å². The van der Waals surface area contributed by atoms with Gasteiger partial charge in [0.05, 0.1) is 20.3 Å². The third-order valence-corrected chi connectivity index (χ3v) is 8.60. The minimum Gasteiger partial charge on any atom is -0.493 e. The molecule has 2 amide bonds. The van der Waals surface area contributed by atoms with Crippen LogP contribution in [0.5, 0.6) is 23.1 Å². The zero-order valence-corrected chi connectivity index (χ0v) is 30.3. The van der Waals surface area contributed by atoms with Crippen LogP contribution in [-0.2, 0) is 4.74 Å². The van der Waals surface area contributed by atoms with Gasteiger partial charge in [0, 0.05) is 75.6 Å². The number of aryl methyl sites for hydroxylation is 2. The van der Waals surface area contributed by atoms with Gasteiger partial charge in [0.15, 0.2) is 23.1 Å². The SMILES string of the molecule is COCCNC(=O)c1ccc(Oc2nc(Nc3ccc(OCCCN4CCN(C)CC4)c(F)c3)ncc2C(=O)Nc2c(C)cccc2C)c(OC)c1. The lowest BCUT2D eigenvalue weighted by molar-refractivity contribution is 0.0936. The molecule has 2 heterocycles. The van der Waals surface area contributed by atoms with Gasteiger partial charge in [-0.15, -0.1) is 0 Å². The Hall–Kier alpha value is -5.31. The molecule has 1 aliphatic rings. The second-order valence-corrected chi connectivity index (χ2v) is 12.5. The highest BCUT2D eigenvalue weighted by Gasteiger charge is 2.21. The number of nitrogens with one attached hydrogen (secondary N) is 3. The molecule has 0 saturated carbocycles. The summed E-state index contributed by atoms with van der Waals surface area (Å²) < 4.78 is 37.6. The summed E-state index contributed by atoms with van der Waals surface area (Å²) in [5.41, 5.74) is 3.13. The number of hydrogen-bond acceptors (Lipinski definition) is 11. The largest absolute Gasteiger partial charge is 0.493 e. The number of amides is 2. The Labute approximate surface area is 303 Å². The number of benzene rings is 3. The number of para-hydroxylation sites is 1. The maximum Gasteiger partial charge on any atom is 0.262 e. The number of halogens is 1. The van der Waals surface area contributed by atoms with Crippen molar-refractivity contribution in [2.45, 2.75) is 20.3 Å². The lowest BCUT2D eigenvalue weighted by Crippen LogP contribution is -2.44. The zero-order chi connectivity index (χ0) is 37.0. The fourth-order valence-corrected chi connectivity index (χ4v) is 5.58. The van der Waals surface area contributed by atoms with Crippen molar-refractivity contribution >= 4 is 29.1 Å². The highest BCUT2D eigenvalue weighted by molar-refractivity contribution is 6.06. The summed E-state index contributed by atoms with van der Waals surface area (Å²) in [6.45, 7) is 9.91. The van der Waals surface area contributed by atoms with Crippen molar-refractivity contribution in [3.63, 3.8) is 0 Å². The quantitative estimate of drug-likeness (QED) is 0.128. The second kappa shape index (κ2) is 18.3. The Morgan fingerprint density at radius 2 is 1.65 bits per heavy atom. The molecule has 5 rings (SSSR count). The van der Waals surface area contributed by atoms with E-state index in [9.17, 15) is 9.59 Å². The lowest BCUT2D eigenvalue weighted by Gasteiger charge is -2.32. The summed E-state index contributed by atoms with van der Waals surface area (Å²) in [6, 6.07) is 14.8. The van der Waals surface area contributed by atoms with Crippen LogP contribution in [0.1, 0.15) is 38.3 Å². The maximum atomic E-state index is 15.1. The summed E-state index contributed by atoms with van der Waals surface area (Å²) >= 11 is 0. The van der Waals surface area contributed by atoms with E-state index in [4.69, 9.17) is 18.9 Å². The van der Waals surface area contributed by atoms with E-state index in [1.54, 1.807) is 31.4 Å². The van der Waals surface area contributed by atoms with Crippen molar-refractivity contribution in [3.8, 4) is 23.1 Å². The number of rotatable bonds is 16. The number of aromatic nitrogens is 2. The topological polar surface area (TPSA) is 139 Å². The first kappa shape index (κ1) is 37.9. The fraction of sp³-hybridized carbons (Fsp3) is 0.368. The Bertz CT molecular complexity index is 1830. The van der Waals surface area contributed by atoms with Crippen LogP contribution in [-0.4, -0.2) is 105 Å². The molecule has 4 aromatic rings. The molecule has 276 valence electrons. The first-order valence-electron chi connectivity index (χ1n) is 17.1. The monoisotopic (exact) mass is 715 g/mol. The van der Waals surface area contributed by atoms with Crippen LogP contribution in [0.4, 0.5) is 21.7 Å². The summed E-state index contributed by atoms with van der Waals surface area (Å²) in [5, 5.41) is 8.69. The molecule has 1 saturated heterocycles. The summed E-state index contributed by atoms with van der Waals surface area (Å²) in [5.74, 6) is -0.844. The predicted molar refractivity (Wildman–Crippen MR) is 197 cm³/mol. The molecule has 3 N–H and O–H groups in total. The van der Waals surface area contributed by atoms with Gasteiger partial charge in [-0.25, -0.2) is 9.37 Å². The van der Waals surface area contributed by atoms with Crippen molar-refractivity contribution in [1.82, 2.24) is 25.1 Å². The van der Waals surface area contributed by atoms with Crippen molar-refractivity contribution in [2.24, 2.45) is 0 Å². The van der Waals surface area contributed by atoms with Crippen LogP contribution in [0.3, 0.4) is 0 Å². The number of ether oxygens (including phenoxy) is 4. The van der Waals surface area contributed by atoms with Crippen molar-refractivity contribution in [2.75, 3.05) is 84.4 Å². The molecule has 14 heteroatoms. The van der Waals surface area contributed by atoms with Gasteiger partial charge < -0.3 is 44.7 Å². The average molecular weight is 716 g/mol. The molecule has 0 aliphatic carbocycles. The highest BCUT2D eigenvalue weighted by Crippen LogP contribution is 2.34. The average Bonchev–Trinajstić information content (AvgIpc) is 3.13. The van der Waals surface area contributed by atoms with Crippen LogP contribution >= 0.6 is 0 Å². The lowest BCUT2D eigenvalue weighted by atomic mass is 10.1. The molecule has 1 aliphatic heterocycles. The number of nitrogens with zero attached hydrogens (tertiary/aromatic N) is 4. The number of carbonyl (C=O) groups excluding carboxylic acids is 2. The van der Waals surface area contributed by atoms with Gasteiger partial charge in [0.2, 0.25) is 11.8 Å².